The molecule has 2 heterocycles. The molecule has 27 heavy (non-hydrogen) atoms. The molecule has 0 amide bonds. The molecule has 4 rings (SSSR count). The molecule has 0 saturated carbocycles. The van der Waals surface area contributed by atoms with Gasteiger partial charge in [0.05, 0.1) is 24.6 Å². The number of hydrogen-bond acceptors (Lipinski definition) is 4. The Morgan fingerprint density at radius 3 is 2.74 bits per heavy atom. The molecule has 0 fully saturated rings. The number of rotatable bonds is 4. The van der Waals surface area contributed by atoms with E-state index in [9.17, 15) is 9.90 Å². The average Bonchev–Trinajstić information content (AvgIpc) is 2.91. The van der Waals surface area contributed by atoms with E-state index in [2.05, 4.69) is 9.97 Å². The van der Waals surface area contributed by atoms with Crippen LogP contribution in [-0.4, -0.2) is 32.7 Å². The molecule has 0 saturated heterocycles. The Balaban J connectivity index is 2.08. The van der Waals surface area contributed by atoms with Crippen LogP contribution in [0, 0.1) is 6.92 Å². The predicted octanol–water partition coefficient (Wildman–Crippen LogP) is 4.17. The number of carbonyl (C=O) groups is 1. The van der Waals surface area contributed by atoms with E-state index in [0.717, 1.165) is 33.1 Å². The smallest absolute Gasteiger partial charge is 0.307 e. The summed E-state index contributed by atoms with van der Waals surface area (Å²) in [6, 6.07) is 11.1. The third kappa shape index (κ3) is 2.88. The molecular formula is C20H16ClN3O3. The number of benzene rings is 2. The van der Waals surface area contributed by atoms with Crippen molar-refractivity contribution in [1.29, 1.82) is 0 Å². The van der Waals surface area contributed by atoms with Crippen LogP contribution in [0.15, 0.2) is 42.7 Å². The molecule has 0 aliphatic carbocycles. The fourth-order valence-corrected chi connectivity index (χ4v) is 3.60. The van der Waals surface area contributed by atoms with Crippen molar-refractivity contribution in [2.75, 3.05) is 7.11 Å². The van der Waals surface area contributed by atoms with Gasteiger partial charge < -0.3 is 9.84 Å². The molecule has 0 aliphatic rings. The molecular weight excluding hydrogens is 366 g/mol. The lowest BCUT2D eigenvalue weighted by Crippen LogP contribution is -2.04. The number of hydrogen-bond donors (Lipinski definition) is 1. The van der Waals surface area contributed by atoms with Gasteiger partial charge in [-0.05, 0) is 48.9 Å². The van der Waals surface area contributed by atoms with Crippen LogP contribution >= 0.6 is 11.6 Å². The lowest BCUT2D eigenvalue weighted by atomic mass is 10.1. The first-order chi connectivity index (χ1) is 13.0. The quantitative estimate of drug-likeness (QED) is 0.574. The number of ether oxygens (including phenoxy) is 1. The first-order valence-corrected chi connectivity index (χ1v) is 8.67. The molecule has 2 aromatic heterocycles. The van der Waals surface area contributed by atoms with Crippen molar-refractivity contribution >= 4 is 39.4 Å². The van der Waals surface area contributed by atoms with E-state index < -0.39 is 5.97 Å². The minimum Gasteiger partial charge on any atom is -0.497 e. The zero-order valence-corrected chi connectivity index (χ0v) is 15.5. The molecule has 4 aromatic rings. The standard InChI is InChI=1S/C20H16ClN3O3/c1-11-15(9-19(25)26)16-8-13(27-2)4-6-18(16)24(11)20-14-5-3-12(21)7-17(14)22-10-23-20/h3-8,10H,9H2,1-2H3,(H,25,26). The minimum absolute atomic E-state index is 0.0860. The van der Waals surface area contributed by atoms with Crippen LogP contribution in [0.2, 0.25) is 5.02 Å². The summed E-state index contributed by atoms with van der Waals surface area (Å²) in [4.78, 5) is 20.2. The lowest BCUT2D eigenvalue weighted by Gasteiger charge is -2.11. The molecule has 0 unspecified atom stereocenters. The highest BCUT2D eigenvalue weighted by Gasteiger charge is 2.20. The summed E-state index contributed by atoms with van der Waals surface area (Å²) in [7, 11) is 1.59. The first kappa shape index (κ1) is 17.3. The van der Waals surface area contributed by atoms with Crippen LogP contribution in [0.5, 0.6) is 5.75 Å². The molecule has 7 heteroatoms. The average molecular weight is 382 g/mol. The zero-order chi connectivity index (χ0) is 19.1. The number of methoxy groups -OCH3 is 1. The van der Waals surface area contributed by atoms with Crippen LogP contribution in [0.25, 0.3) is 27.6 Å². The molecule has 136 valence electrons. The van der Waals surface area contributed by atoms with Gasteiger partial charge in [-0.3, -0.25) is 9.36 Å². The van der Waals surface area contributed by atoms with Gasteiger partial charge in [-0.15, -0.1) is 0 Å². The molecule has 0 bridgehead atoms. The molecule has 0 atom stereocenters. The van der Waals surface area contributed by atoms with Crippen molar-refractivity contribution in [2.24, 2.45) is 0 Å². The Hall–Kier alpha value is -3.12. The highest BCUT2D eigenvalue weighted by atomic mass is 35.5. The summed E-state index contributed by atoms with van der Waals surface area (Å²) in [5, 5.41) is 11.6. The summed E-state index contributed by atoms with van der Waals surface area (Å²) in [6.45, 7) is 1.90. The van der Waals surface area contributed by atoms with Crippen LogP contribution in [0.4, 0.5) is 0 Å². The highest BCUT2D eigenvalue weighted by Crippen LogP contribution is 2.34. The normalized spacial score (nSPS) is 11.2. The number of carboxylic acid groups (broad SMARTS) is 1. The van der Waals surface area contributed by atoms with Crippen molar-refractivity contribution in [2.45, 2.75) is 13.3 Å². The van der Waals surface area contributed by atoms with Crippen molar-refractivity contribution in [1.82, 2.24) is 14.5 Å². The van der Waals surface area contributed by atoms with Crippen LogP contribution < -0.4 is 4.74 Å². The van der Waals surface area contributed by atoms with Crippen molar-refractivity contribution in [3.8, 4) is 11.6 Å². The maximum atomic E-state index is 11.4. The van der Waals surface area contributed by atoms with Crippen molar-refractivity contribution in [3.05, 3.63) is 59.0 Å². The fourth-order valence-electron chi connectivity index (χ4n) is 3.43. The Morgan fingerprint density at radius 1 is 1.19 bits per heavy atom. The van der Waals surface area contributed by atoms with E-state index in [1.54, 1.807) is 19.2 Å². The maximum Gasteiger partial charge on any atom is 0.307 e. The van der Waals surface area contributed by atoms with E-state index in [-0.39, 0.29) is 6.42 Å². The van der Waals surface area contributed by atoms with E-state index in [4.69, 9.17) is 16.3 Å². The monoisotopic (exact) mass is 381 g/mol. The second kappa shape index (κ2) is 6.55. The topological polar surface area (TPSA) is 77.2 Å². The van der Waals surface area contributed by atoms with Gasteiger partial charge in [0, 0.05) is 21.5 Å². The summed E-state index contributed by atoms with van der Waals surface area (Å²) in [5.41, 5.74) is 3.13. The van der Waals surface area contributed by atoms with E-state index >= 15 is 0 Å². The first-order valence-electron chi connectivity index (χ1n) is 8.30. The molecule has 0 spiro atoms. The van der Waals surface area contributed by atoms with Gasteiger partial charge in [0.1, 0.15) is 17.9 Å². The minimum atomic E-state index is -0.890. The van der Waals surface area contributed by atoms with Crippen LogP contribution in [0.1, 0.15) is 11.3 Å². The third-order valence-corrected chi connectivity index (χ3v) is 4.89. The van der Waals surface area contributed by atoms with E-state index in [1.165, 1.54) is 6.33 Å². The summed E-state index contributed by atoms with van der Waals surface area (Å²) in [5.74, 6) is 0.464. The number of fused-ring (bicyclic) bond motifs is 2. The number of halogens is 1. The van der Waals surface area contributed by atoms with Gasteiger partial charge in [-0.2, -0.15) is 0 Å². The number of nitrogens with zero attached hydrogens (tertiary/aromatic N) is 3. The number of carboxylic acids is 1. The van der Waals surface area contributed by atoms with Crippen LogP contribution in [-0.2, 0) is 11.2 Å². The number of aromatic nitrogens is 3. The largest absolute Gasteiger partial charge is 0.497 e. The van der Waals surface area contributed by atoms with Crippen molar-refractivity contribution in [3.63, 3.8) is 0 Å². The van der Waals surface area contributed by atoms with Gasteiger partial charge in [-0.25, -0.2) is 9.97 Å². The fraction of sp³-hybridized carbons (Fsp3) is 0.150. The van der Waals surface area contributed by atoms with Gasteiger partial charge in [0.2, 0.25) is 0 Å². The molecule has 2 aromatic carbocycles. The summed E-state index contributed by atoms with van der Waals surface area (Å²) in [6.07, 6.45) is 1.40. The second-order valence-electron chi connectivity index (χ2n) is 6.21. The Bertz CT molecular complexity index is 1200. The second-order valence-corrected chi connectivity index (χ2v) is 6.65. The molecule has 0 aliphatic heterocycles. The molecule has 1 N–H and O–H groups in total. The zero-order valence-electron chi connectivity index (χ0n) is 14.7. The number of aliphatic carboxylic acids is 1. The highest BCUT2D eigenvalue weighted by molar-refractivity contribution is 6.31. The Kier molecular flexibility index (Phi) is 4.20. The van der Waals surface area contributed by atoms with Gasteiger partial charge in [0.15, 0.2) is 0 Å². The van der Waals surface area contributed by atoms with Gasteiger partial charge in [-0.1, -0.05) is 11.6 Å². The summed E-state index contributed by atoms with van der Waals surface area (Å²) < 4.78 is 7.29. The summed E-state index contributed by atoms with van der Waals surface area (Å²) >= 11 is 6.09. The molecule has 0 radical (unpaired) electrons. The SMILES string of the molecule is COc1ccc2c(c1)c(CC(=O)O)c(C)n2-c1ncnc2cc(Cl)ccc12. The van der Waals surface area contributed by atoms with E-state index in [0.29, 0.717) is 16.6 Å². The lowest BCUT2D eigenvalue weighted by molar-refractivity contribution is -0.136. The van der Waals surface area contributed by atoms with Gasteiger partial charge in [0.25, 0.3) is 0 Å². The Morgan fingerprint density at radius 2 is 2.00 bits per heavy atom. The maximum absolute atomic E-state index is 11.4. The predicted molar refractivity (Wildman–Crippen MR) is 104 cm³/mol. The van der Waals surface area contributed by atoms with Crippen molar-refractivity contribution < 1.29 is 14.6 Å². The Labute approximate surface area is 160 Å². The van der Waals surface area contributed by atoms with Gasteiger partial charge >= 0.3 is 5.97 Å². The van der Waals surface area contributed by atoms with E-state index in [1.807, 2.05) is 35.8 Å². The molecule has 6 nitrogen and oxygen atoms in total. The van der Waals surface area contributed by atoms with Crippen LogP contribution in [0.3, 0.4) is 0 Å². The third-order valence-electron chi connectivity index (χ3n) is 4.66.